The normalized spacial score (nSPS) is 20.2. The molecule has 1 aliphatic heterocycles. The number of amides is 1. The van der Waals surface area contributed by atoms with Crippen molar-refractivity contribution in [2.45, 2.75) is 50.5 Å². The summed E-state index contributed by atoms with van der Waals surface area (Å²) >= 11 is 0. The molecule has 8 nitrogen and oxygen atoms in total. The number of likely N-dealkylation sites (tertiary alicyclic amines) is 1. The van der Waals surface area contributed by atoms with Gasteiger partial charge in [-0.15, -0.1) is 10.2 Å². The molecule has 1 saturated heterocycles. The van der Waals surface area contributed by atoms with Crippen LogP contribution in [0.15, 0.2) is 40.9 Å². The third-order valence-electron chi connectivity index (χ3n) is 6.22. The first-order chi connectivity index (χ1) is 14.7. The number of carbonyl (C=O) groups excluding carboxylic acids is 1. The highest BCUT2D eigenvalue weighted by atomic mass is 16.4. The lowest BCUT2D eigenvalue weighted by Crippen LogP contribution is -2.34. The van der Waals surface area contributed by atoms with E-state index in [0.717, 1.165) is 56.0 Å². The minimum atomic E-state index is -0.439. The molecule has 3 heterocycles. The number of nitrogens with zero attached hydrogens (tertiary/aromatic N) is 5. The second kappa shape index (κ2) is 8.02. The fourth-order valence-electron chi connectivity index (χ4n) is 4.36. The average Bonchev–Trinajstić information content (AvgIpc) is 3.35. The monoisotopic (exact) mass is 406 g/mol. The summed E-state index contributed by atoms with van der Waals surface area (Å²) in [6.45, 7) is 2.37. The molecule has 5 rings (SSSR count). The number of hydrogen-bond donors (Lipinski definition) is 1. The molecule has 8 heteroatoms. The Kier molecular flexibility index (Phi) is 5.08. The summed E-state index contributed by atoms with van der Waals surface area (Å²) in [7, 11) is 0. The molecule has 1 aromatic carbocycles. The van der Waals surface area contributed by atoms with Gasteiger partial charge in [0.05, 0.1) is 23.5 Å². The fraction of sp³-hybridized carbons (Fsp3) is 0.455. The van der Waals surface area contributed by atoms with Gasteiger partial charge in [-0.25, -0.2) is 4.68 Å². The molecule has 30 heavy (non-hydrogen) atoms. The Hall–Kier alpha value is -3.00. The first-order valence-corrected chi connectivity index (χ1v) is 10.7. The minimum Gasteiger partial charge on any atom is -0.424 e. The van der Waals surface area contributed by atoms with Crippen LogP contribution in [0.1, 0.15) is 71.8 Å². The van der Waals surface area contributed by atoms with Gasteiger partial charge >= 0.3 is 0 Å². The summed E-state index contributed by atoms with van der Waals surface area (Å²) in [6, 6.07) is 9.78. The Morgan fingerprint density at radius 1 is 1.10 bits per heavy atom. The van der Waals surface area contributed by atoms with Gasteiger partial charge in [0.1, 0.15) is 0 Å². The van der Waals surface area contributed by atoms with Crippen molar-refractivity contribution < 1.29 is 9.21 Å². The first-order valence-electron chi connectivity index (χ1n) is 10.7. The SMILES string of the molecule is NC(=O)c1cn(-c2ccccc2)nc1[C@@H]1CCCN(Cc2nnc(C3CCC3)o2)C1. The Morgan fingerprint density at radius 2 is 1.90 bits per heavy atom. The summed E-state index contributed by atoms with van der Waals surface area (Å²) in [6.07, 6.45) is 7.27. The second-order valence-corrected chi connectivity index (χ2v) is 8.31. The lowest BCUT2D eigenvalue weighted by atomic mass is 9.85. The Balaban J connectivity index is 1.33. The number of para-hydroxylation sites is 1. The lowest BCUT2D eigenvalue weighted by Gasteiger charge is -2.31. The minimum absolute atomic E-state index is 0.139. The number of rotatable bonds is 6. The number of benzene rings is 1. The number of nitrogens with two attached hydrogens (primary N) is 1. The largest absolute Gasteiger partial charge is 0.424 e. The van der Waals surface area contributed by atoms with Crippen molar-refractivity contribution >= 4 is 5.91 Å². The molecule has 2 N–H and O–H groups in total. The number of hydrogen-bond acceptors (Lipinski definition) is 6. The van der Waals surface area contributed by atoms with E-state index in [0.29, 0.717) is 23.9 Å². The number of piperidine rings is 1. The molecule has 0 unspecified atom stereocenters. The molecular weight excluding hydrogens is 380 g/mol. The summed E-state index contributed by atoms with van der Waals surface area (Å²) in [4.78, 5) is 14.4. The second-order valence-electron chi connectivity index (χ2n) is 8.31. The van der Waals surface area contributed by atoms with E-state index in [9.17, 15) is 4.79 Å². The van der Waals surface area contributed by atoms with Crippen molar-refractivity contribution in [2.75, 3.05) is 13.1 Å². The fourth-order valence-corrected chi connectivity index (χ4v) is 4.36. The summed E-state index contributed by atoms with van der Waals surface area (Å²) < 4.78 is 7.64. The maximum atomic E-state index is 12.1. The van der Waals surface area contributed by atoms with Crippen molar-refractivity contribution in [1.82, 2.24) is 24.9 Å². The molecule has 2 aromatic heterocycles. The van der Waals surface area contributed by atoms with E-state index in [4.69, 9.17) is 15.2 Å². The molecule has 2 aliphatic rings. The van der Waals surface area contributed by atoms with E-state index in [1.807, 2.05) is 30.3 Å². The van der Waals surface area contributed by atoms with Gasteiger partial charge in [-0.3, -0.25) is 9.69 Å². The lowest BCUT2D eigenvalue weighted by molar-refractivity contribution is 0.0997. The Bertz CT molecular complexity index is 1020. The highest BCUT2D eigenvalue weighted by Crippen LogP contribution is 2.35. The molecule has 1 atom stereocenters. The van der Waals surface area contributed by atoms with Crippen LogP contribution < -0.4 is 5.73 Å². The van der Waals surface area contributed by atoms with Gasteiger partial charge in [-0.1, -0.05) is 24.6 Å². The van der Waals surface area contributed by atoms with E-state index >= 15 is 0 Å². The van der Waals surface area contributed by atoms with Gasteiger partial charge in [-0.05, 0) is 44.4 Å². The van der Waals surface area contributed by atoms with Crippen LogP contribution in [0.5, 0.6) is 0 Å². The van der Waals surface area contributed by atoms with Crippen molar-refractivity contribution in [3.8, 4) is 5.69 Å². The van der Waals surface area contributed by atoms with Gasteiger partial charge in [0.25, 0.3) is 5.91 Å². The Morgan fingerprint density at radius 3 is 2.63 bits per heavy atom. The molecule has 1 amide bonds. The molecule has 0 spiro atoms. The molecule has 3 aromatic rings. The highest BCUT2D eigenvalue weighted by molar-refractivity contribution is 5.94. The van der Waals surface area contributed by atoms with E-state index in [1.54, 1.807) is 10.9 Å². The number of carbonyl (C=O) groups is 1. The third kappa shape index (κ3) is 3.75. The van der Waals surface area contributed by atoms with Crippen LogP contribution in [0, 0.1) is 0 Å². The summed E-state index contributed by atoms with van der Waals surface area (Å²) in [5.74, 6) is 1.59. The zero-order valence-corrected chi connectivity index (χ0v) is 16.9. The molecular formula is C22H26N6O2. The molecule has 2 fully saturated rings. The first kappa shape index (κ1) is 19.0. The van der Waals surface area contributed by atoms with Gasteiger partial charge in [0, 0.05) is 24.6 Å². The van der Waals surface area contributed by atoms with Gasteiger partial charge < -0.3 is 10.2 Å². The predicted octanol–water partition coefficient (Wildman–Crippen LogP) is 3.00. The topological polar surface area (TPSA) is 103 Å². The zero-order valence-electron chi connectivity index (χ0n) is 16.9. The van der Waals surface area contributed by atoms with Gasteiger partial charge in [0.15, 0.2) is 0 Å². The quantitative estimate of drug-likeness (QED) is 0.675. The van der Waals surface area contributed by atoms with E-state index in [1.165, 1.54) is 6.42 Å². The molecule has 0 radical (unpaired) electrons. The van der Waals surface area contributed by atoms with Crippen LogP contribution >= 0.6 is 0 Å². The maximum Gasteiger partial charge on any atom is 0.252 e. The summed E-state index contributed by atoms with van der Waals surface area (Å²) in [5.41, 5.74) is 7.86. The van der Waals surface area contributed by atoms with Gasteiger partial charge in [0.2, 0.25) is 11.8 Å². The van der Waals surface area contributed by atoms with Crippen LogP contribution in [0.4, 0.5) is 0 Å². The number of aromatic nitrogens is 4. The highest BCUT2D eigenvalue weighted by Gasteiger charge is 2.29. The van der Waals surface area contributed by atoms with Crippen molar-refractivity contribution in [3.63, 3.8) is 0 Å². The van der Waals surface area contributed by atoms with Crippen molar-refractivity contribution in [2.24, 2.45) is 5.73 Å². The van der Waals surface area contributed by atoms with Crippen LogP contribution in [-0.4, -0.2) is 43.9 Å². The average molecular weight is 406 g/mol. The number of primary amides is 1. The molecule has 1 saturated carbocycles. The smallest absolute Gasteiger partial charge is 0.252 e. The van der Waals surface area contributed by atoms with Crippen LogP contribution in [0.3, 0.4) is 0 Å². The zero-order chi connectivity index (χ0) is 20.5. The van der Waals surface area contributed by atoms with Crippen LogP contribution in [0.2, 0.25) is 0 Å². The molecule has 0 bridgehead atoms. The standard InChI is InChI=1S/C22H26N6O2/c23-21(29)18-13-28(17-9-2-1-3-10-17)26-20(18)16-8-5-11-27(12-16)14-19-24-25-22(30-19)15-6-4-7-15/h1-3,9-10,13,15-16H,4-8,11-12,14H2,(H2,23,29)/t16-/m1/s1. The maximum absolute atomic E-state index is 12.1. The van der Waals surface area contributed by atoms with E-state index < -0.39 is 5.91 Å². The summed E-state index contributed by atoms with van der Waals surface area (Å²) in [5, 5.41) is 13.2. The third-order valence-corrected chi connectivity index (χ3v) is 6.22. The predicted molar refractivity (Wildman–Crippen MR) is 110 cm³/mol. The van der Waals surface area contributed by atoms with Gasteiger partial charge in [-0.2, -0.15) is 5.10 Å². The Labute approximate surface area is 175 Å². The molecule has 156 valence electrons. The van der Waals surface area contributed by atoms with Crippen molar-refractivity contribution in [1.29, 1.82) is 0 Å². The molecule has 1 aliphatic carbocycles. The van der Waals surface area contributed by atoms with E-state index in [2.05, 4.69) is 15.1 Å². The van der Waals surface area contributed by atoms with Crippen LogP contribution in [0.25, 0.3) is 5.69 Å². The van der Waals surface area contributed by atoms with Crippen LogP contribution in [-0.2, 0) is 6.54 Å². The van der Waals surface area contributed by atoms with E-state index in [-0.39, 0.29) is 5.92 Å². The van der Waals surface area contributed by atoms with Crippen molar-refractivity contribution in [3.05, 3.63) is 59.6 Å².